The fourth-order valence-electron chi connectivity index (χ4n) is 10.7. The fourth-order valence-corrected chi connectivity index (χ4v) is 13.4. The van der Waals surface area contributed by atoms with Crippen LogP contribution in [-0.2, 0) is 68.4 Å². The van der Waals surface area contributed by atoms with Crippen LogP contribution in [-0.4, -0.2) is 276 Å². The molecule has 1 aliphatic heterocycles. The zero-order chi connectivity index (χ0) is 75.3. The average molecular weight is 1440 g/mol. The third kappa shape index (κ3) is 36.7. The van der Waals surface area contributed by atoms with Crippen molar-refractivity contribution in [2.24, 2.45) is 5.41 Å². The lowest BCUT2D eigenvalue weighted by molar-refractivity contribution is -0.145. The van der Waals surface area contributed by atoms with Crippen LogP contribution >= 0.6 is 0 Å². The van der Waals surface area contributed by atoms with Crippen molar-refractivity contribution < 1.29 is 112 Å². The molecule has 1 fully saturated rings. The minimum absolute atomic E-state index is 0.0217. The van der Waals surface area contributed by atoms with Gasteiger partial charge in [-0.1, -0.05) is 33.6 Å². The van der Waals surface area contributed by atoms with E-state index in [4.69, 9.17) is 5.11 Å². The van der Waals surface area contributed by atoms with Crippen molar-refractivity contribution in [3.8, 4) is 0 Å². The molecule has 1 aromatic carbocycles. The summed E-state index contributed by atoms with van der Waals surface area (Å²) in [6.07, 6.45) is 2.14. The summed E-state index contributed by atoms with van der Waals surface area (Å²) in [5, 5.41) is 94.7. The first-order chi connectivity index (χ1) is 46.9. The number of unbranched alkanes of at least 4 members (excludes halogenated alkanes) is 5. The number of aliphatic carboxylic acids is 8. The van der Waals surface area contributed by atoms with E-state index in [2.05, 4.69) is 37.2 Å². The Morgan fingerprint density at radius 1 is 0.440 bits per heavy atom. The van der Waals surface area contributed by atoms with Gasteiger partial charge in [-0.15, -0.1) is 0 Å². The summed E-state index contributed by atoms with van der Waals surface area (Å²) in [5.74, 6) is -13.4. The molecular formula is C65H105FN11O22S+. The average Bonchev–Trinajstić information content (AvgIpc) is 0.795. The lowest BCUT2D eigenvalue weighted by Gasteiger charge is -2.35. The molecule has 0 saturated carbocycles. The standard InChI is InChI=1S/C65H104FN11O22S/c1-64(2,3)62(66)100(65(4,5)6)43-24-22-42(23-25-43)56(89)69-38-47(70-51(80)27-26-48(61(97)98)77-36-34-75(40-54(85)86)32-30-74(39-53(83)84)31-33-76(35-37-77)41-55(87)88)57(90)71-44(58(91)92)16-11-13-28-67-49(78)19-9-7-8-10-20-50(79)68-29-14-12-17-45(59(93)94)72-63(99)73-46(60(95)96)18-15-21-52(81)82/h22-25,44-48,62H,7-21,26-41H2,1-6H3,(H14-,67,68,69,70,71,72,73,78,79,80,81,82,83,84,85,86,87,88,89,90,91,92,93,94,95,96,97,98,99)/p+1/t44-,45+,46+,47+,48-,62-,100?/m1/s1. The Balaban J connectivity index is 2.09. The number of rotatable bonds is 45. The van der Waals surface area contributed by atoms with Gasteiger partial charge in [0.1, 0.15) is 35.0 Å². The van der Waals surface area contributed by atoms with Gasteiger partial charge in [-0.2, -0.15) is 4.39 Å². The summed E-state index contributed by atoms with van der Waals surface area (Å²) in [5.41, 5.74) is -1.84. The van der Waals surface area contributed by atoms with Crippen molar-refractivity contribution in [2.45, 2.75) is 196 Å². The van der Waals surface area contributed by atoms with E-state index >= 15 is 4.39 Å². The molecule has 1 saturated heterocycles. The summed E-state index contributed by atoms with van der Waals surface area (Å²) in [6, 6.07) is -2.16. The van der Waals surface area contributed by atoms with Gasteiger partial charge in [-0.05, 0) is 116 Å². The van der Waals surface area contributed by atoms with Crippen LogP contribution in [0.2, 0.25) is 0 Å². The molecule has 1 heterocycles. The lowest BCUT2D eigenvalue weighted by Crippen LogP contribution is -2.56. The second-order valence-electron chi connectivity index (χ2n) is 26.6. The van der Waals surface area contributed by atoms with Gasteiger partial charge in [0.25, 0.3) is 11.4 Å². The Bertz CT molecular complexity index is 2850. The number of benzene rings is 1. The van der Waals surface area contributed by atoms with Gasteiger partial charge in [0.15, 0.2) is 4.90 Å². The van der Waals surface area contributed by atoms with E-state index in [1.54, 1.807) is 32.9 Å². The van der Waals surface area contributed by atoms with Gasteiger partial charge in [0.05, 0.1) is 30.5 Å². The predicted molar refractivity (Wildman–Crippen MR) is 362 cm³/mol. The van der Waals surface area contributed by atoms with Crippen LogP contribution in [0.25, 0.3) is 0 Å². The van der Waals surface area contributed by atoms with Crippen molar-refractivity contribution in [2.75, 3.05) is 91.6 Å². The zero-order valence-corrected chi connectivity index (χ0v) is 58.9. The summed E-state index contributed by atoms with van der Waals surface area (Å²) >= 11 is 0. The van der Waals surface area contributed by atoms with Crippen molar-refractivity contribution >= 4 is 94.2 Å². The third-order valence-electron chi connectivity index (χ3n) is 16.1. The summed E-state index contributed by atoms with van der Waals surface area (Å²) in [6.45, 7) is 9.62. The molecule has 0 aromatic heterocycles. The minimum Gasteiger partial charge on any atom is -0.481 e. The topological polar surface area (TPSA) is 498 Å². The fraction of sp³-hybridized carbons (Fsp3) is 0.692. The molecule has 7 atom stereocenters. The first-order valence-electron chi connectivity index (χ1n) is 33.5. The smallest absolute Gasteiger partial charge is 0.326 e. The molecule has 0 bridgehead atoms. The van der Waals surface area contributed by atoms with E-state index in [1.165, 1.54) is 31.7 Å². The molecule has 15 N–H and O–H groups in total. The lowest BCUT2D eigenvalue weighted by atomic mass is 9.99. The van der Waals surface area contributed by atoms with E-state index in [9.17, 15) is 103 Å². The van der Waals surface area contributed by atoms with Crippen LogP contribution in [0.3, 0.4) is 0 Å². The quantitative estimate of drug-likeness (QED) is 0.0326. The molecule has 35 heteroatoms. The first kappa shape index (κ1) is 87.8. The van der Waals surface area contributed by atoms with Crippen molar-refractivity contribution in [1.29, 1.82) is 0 Å². The van der Waals surface area contributed by atoms with Gasteiger partial charge >= 0.3 is 53.8 Å². The van der Waals surface area contributed by atoms with Gasteiger partial charge in [-0.3, -0.25) is 67.5 Å². The summed E-state index contributed by atoms with van der Waals surface area (Å²) in [7, 11) is -0.924. The molecular weight excluding hydrogens is 1340 g/mol. The Kier molecular flexibility index (Phi) is 39.9. The maximum atomic E-state index is 16.0. The molecule has 0 spiro atoms. The Morgan fingerprint density at radius 2 is 0.860 bits per heavy atom. The van der Waals surface area contributed by atoms with Crippen molar-refractivity contribution in [3.05, 3.63) is 29.8 Å². The Labute approximate surface area is 584 Å². The number of nitrogens with zero attached hydrogens (tertiary/aromatic N) is 4. The number of carbonyl (C=O) groups is 14. The van der Waals surface area contributed by atoms with Gasteiger partial charge in [0, 0.05) is 109 Å². The van der Waals surface area contributed by atoms with E-state index in [-0.39, 0.29) is 141 Å². The Morgan fingerprint density at radius 3 is 1.25 bits per heavy atom. The number of nitrogens with one attached hydrogen (secondary N) is 7. The second-order valence-corrected chi connectivity index (χ2v) is 29.4. The van der Waals surface area contributed by atoms with Crippen LogP contribution in [0.1, 0.15) is 161 Å². The number of hydrogen-bond donors (Lipinski definition) is 15. The molecule has 1 unspecified atom stereocenters. The number of carbonyl (C=O) groups excluding carboxylic acids is 6. The predicted octanol–water partition coefficient (Wildman–Crippen LogP) is 1.67. The largest absolute Gasteiger partial charge is 0.481 e. The van der Waals surface area contributed by atoms with Gasteiger partial charge in [0.2, 0.25) is 23.6 Å². The van der Waals surface area contributed by atoms with Crippen LogP contribution in [0, 0.1) is 5.41 Å². The van der Waals surface area contributed by atoms with Crippen LogP contribution in [0.4, 0.5) is 9.18 Å². The molecule has 564 valence electrons. The molecule has 1 aromatic rings. The molecule has 2 rings (SSSR count). The van der Waals surface area contributed by atoms with Crippen molar-refractivity contribution in [1.82, 2.24) is 56.8 Å². The molecule has 100 heavy (non-hydrogen) atoms. The molecule has 33 nitrogen and oxygen atoms in total. The molecule has 0 aliphatic carbocycles. The van der Waals surface area contributed by atoms with Gasteiger partial charge < -0.3 is 78.1 Å². The summed E-state index contributed by atoms with van der Waals surface area (Å²) in [4.78, 5) is 181. The highest BCUT2D eigenvalue weighted by Crippen LogP contribution is 2.40. The maximum absolute atomic E-state index is 16.0. The number of halogens is 1. The maximum Gasteiger partial charge on any atom is 0.326 e. The normalized spacial score (nSPS) is 16.0. The third-order valence-corrected chi connectivity index (χ3v) is 19.3. The highest BCUT2D eigenvalue weighted by atomic mass is 32.2. The van der Waals surface area contributed by atoms with Gasteiger partial charge in [-0.25, -0.2) is 19.2 Å². The number of urea groups is 1. The SMILES string of the molecule is CC(C)(C)[C@H](F)[S+](c1ccc(C(=O)NC[C@H](NC(=O)CC[C@H](C(=O)O)N2CCN(CC(=O)O)CCN(CC(=O)O)CCN(CC(=O)O)CC2)C(=O)N[C@H](CCCCNC(=O)CCCCCCC(=O)NCCCC[C@H](NC(=O)N[C@@H](CCCC(=O)O)C(=O)O)C(=O)O)C(=O)O)cc1)C(C)(C)C. The van der Waals surface area contributed by atoms with E-state index in [0.29, 0.717) is 43.4 Å². The van der Waals surface area contributed by atoms with Crippen LogP contribution in [0.5, 0.6) is 0 Å². The van der Waals surface area contributed by atoms with Crippen molar-refractivity contribution in [3.63, 3.8) is 0 Å². The van der Waals surface area contributed by atoms with E-state index in [1.807, 2.05) is 20.8 Å². The zero-order valence-electron chi connectivity index (χ0n) is 58.1. The van der Waals surface area contributed by atoms with Crippen LogP contribution in [0.15, 0.2) is 29.2 Å². The van der Waals surface area contributed by atoms with E-state index in [0.717, 1.165) is 0 Å². The summed E-state index contributed by atoms with van der Waals surface area (Å²) < 4.78 is 15.5. The second kappa shape index (κ2) is 45.5. The number of hydrogen-bond acceptors (Lipinski definition) is 18. The number of amides is 7. The van der Waals surface area contributed by atoms with E-state index < -0.39 is 167 Å². The number of alkyl halides is 1. The highest BCUT2D eigenvalue weighted by Gasteiger charge is 2.49. The molecule has 7 amide bonds. The molecule has 1 aliphatic rings. The highest BCUT2D eigenvalue weighted by molar-refractivity contribution is 7.98. The number of carboxylic acid groups (broad SMARTS) is 8. The number of carboxylic acids is 8. The Hall–Kier alpha value is -8.28. The molecule has 0 radical (unpaired) electrons. The first-order valence-corrected chi connectivity index (χ1v) is 34.8. The van der Waals surface area contributed by atoms with Crippen LogP contribution < -0.4 is 37.2 Å². The minimum atomic E-state index is -1.64. The monoisotopic (exact) mass is 1440 g/mol.